The number of ether oxygens (including phenoxy) is 1. The highest BCUT2D eigenvalue weighted by molar-refractivity contribution is 5.13. The maximum absolute atomic E-state index is 5.43. The lowest BCUT2D eigenvalue weighted by atomic mass is 9.82. The molecule has 0 saturated carbocycles. The summed E-state index contributed by atoms with van der Waals surface area (Å²) in [5.74, 6) is 0. The van der Waals surface area contributed by atoms with Gasteiger partial charge in [0.15, 0.2) is 0 Å². The van der Waals surface area contributed by atoms with Gasteiger partial charge in [0.05, 0.1) is 12.7 Å². The molecule has 0 aromatic carbocycles. The zero-order chi connectivity index (χ0) is 8.48. The van der Waals surface area contributed by atoms with Gasteiger partial charge in [-0.3, -0.25) is 0 Å². The molecule has 1 heteroatoms. The molecule has 0 N–H and O–H groups in total. The van der Waals surface area contributed by atoms with E-state index in [1.807, 2.05) is 0 Å². The first kappa shape index (κ1) is 8.79. The van der Waals surface area contributed by atoms with E-state index in [0.717, 1.165) is 13.0 Å². The SMILES string of the molecule is C[C@H]1CC(C(C)(C)C)=CCO1. The van der Waals surface area contributed by atoms with Gasteiger partial charge in [-0.25, -0.2) is 0 Å². The lowest BCUT2D eigenvalue weighted by Gasteiger charge is -2.29. The highest BCUT2D eigenvalue weighted by Gasteiger charge is 2.21. The molecule has 0 bridgehead atoms. The first-order chi connectivity index (χ1) is 5.00. The predicted molar refractivity (Wildman–Crippen MR) is 47.6 cm³/mol. The molecule has 1 atom stereocenters. The van der Waals surface area contributed by atoms with Crippen molar-refractivity contribution in [2.24, 2.45) is 5.41 Å². The Morgan fingerprint density at radius 2 is 2.09 bits per heavy atom. The second-order valence-electron chi connectivity index (χ2n) is 4.33. The van der Waals surface area contributed by atoms with Gasteiger partial charge in [0, 0.05) is 0 Å². The van der Waals surface area contributed by atoms with Crippen LogP contribution in [-0.2, 0) is 4.74 Å². The second-order valence-corrected chi connectivity index (χ2v) is 4.33. The summed E-state index contributed by atoms with van der Waals surface area (Å²) >= 11 is 0. The van der Waals surface area contributed by atoms with E-state index in [9.17, 15) is 0 Å². The van der Waals surface area contributed by atoms with Crippen LogP contribution in [0.3, 0.4) is 0 Å². The van der Waals surface area contributed by atoms with Gasteiger partial charge in [0.1, 0.15) is 0 Å². The molecule has 0 aromatic rings. The average Bonchev–Trinajstić information content (AvgIpc) is 1.86. The highest BCUT2D eigenvalue weighted by Crippen LogP contribution is 2.31. The highest BCUT2D eigenvalue weighted by atomic mass is 16.5. The van der Waals surface area contributed by atoms with Crippen molar-refractivity contribution in [2.75, 3.05) is 6.61 Å². The van der Waals surface area contributed by atoms with Crippen molar-refractivity contribution < 1.29 is 4.74 Å². The predicted octanol–water partition coefficient (Wildman–Crippen LogP) is 2.77. The summed E-state index contributed by atoms with van der Waals surface area (Å²) in [6.45, 7) is 9.72. The Kier molecular flexibility index (Phi) is 2.38. The van der Waals surface area contributed by atoms with Crippen LogP contribution in [0, 0.1) is 5.41 Å². The lowest BCUT2D eigenvalue weighted by Crippen LogP contribution is -2.21. The molecule has 0 aromatic heterocycles. The van der Waals surface area contributed by atoms with Gasteiger partial charge in [-0.05, 0) is 18.8 Å². The molecule has 1 aliphatic heterocycles. The molecule has 0 unspecified atom stereocenters. The number of rotatable bonds is 0. The van der Waals surface area contributed by atoms with E-state index in [0.29, 0.717) is 11.5 Å². The molecule has 0 radical (unpaired) electrons. The summed E-state index contributed by atoms with van der Waals surface area (Å²) in [5, 5.41) is 0. The van der Waals surface area contributed by atoms with E-state index in [-0.39, 0.29) is 0 Å². The fourth-order valence-electron chi connectivity index (χ4n) is 1.38. The summed E-state index contributed by atoms with van der Waals surface area (Å²) in [7, 11) is 0. The van der Waals surface area contributed by atoms with Crippen molar-refractivity contribution in [1.29, 1.82) is 0 Å². The third-order valence-electron chi connectivity index (χ3n) is 2.18. The fourth-order valence-corrected chi connectivity index (χ4v) is 1.38. The summed E-state index contributed by atoms with van der Waals surface area (Å²) in [6, 6.07) is 0. The minimum atomic E-state index is 0.331. The van der Waals surface area contributed by atoms with E-state index in [2.05, 4.69) is 33.8 Å². The van der Waals surface area contributed by atoms with E-state index < -0.39 is 0 Å². The molecule has 64 valence electrons. The molecule has 0 spiro atoms. The van der Waals surface area contributed by atoms with Crippen LogP contribution in [0.2, 0.25) is 0 Å². The van der Waals surface area contributed by atoms with E-state index in [1.165, 1.54) is 5.57 Å². The normalized spacial score (nSPS) is 26.5. The Labute approximate surface area is 69.4 Å². The van der Waals surface area contributed by atoms with Gasteiger partial charge in [-0.2, -0.15) is 0 Å². The van der Waals surface area contributed by atoms with Crippen LogP contribution >= 0.6 is 0 Å². The molecule has 1 aliphatic rings. The maximum atomic E-state index is 5.43. The monoisotopic (exact) mass is 154 g/mol. The smallest absolute Gasteiger partial charge is 0.0654 e. The molecule has 1 nitrogen and oxygen atoms in total. The molecule has 0 saturated heterocycles. The standard InChI is InChI=1S/C10H18O/c1-8-7-9(5-6-11-8)10(2,3)4/h5,8H,6-7H2,1-4H3/t8-/m0/s1. The van der Waals surface area contributed by atoms with E-state index >= 15 is 0 Å². The molecule has 0 fully saturated rings. The molecule has 0 amide bonds. The zero-order valence-electron chi connectivity index (χ0n) is 7.98. The summed E-state index contributed by atoms with van der Waals surface area (Å²) in [6.07, 6.45) is 3.73. The second kappa shape index (κ2) is 2.98. The molecular formula is C10H18O. The largest absolute Gasteiger partial charge is 0.374 e. The van der Waals surface area contributed by atoms with Gasteiger partial charge >= 0.3 is 0 Å². The van der Waals surface area contributed by atoms with Crippen molar-refractivity contribution in [3.8, 4) is 0 Å². The summed E-state index contributed by atoms with van der Waals surface area (Å²) in [5.41, 5.74) is 1.87. The van der Waals surface area contributed by atoms with Gasteiger partial charge in [-0.1, -0.05) is 32.4 Å². The summed E-state index contributed by atoms with van der Waals surface area (Å²) in [4.78, 5) is 0. The van der Waals surface area contributed by atoms with E-state index in [1.54, 1.807) is 0 Å². The Morgan fingerprint density at radius 3 is 2.45 bits per heavy atom. The van der Waals surface area contributed by atoms with E-state index in [4.69, 9.17) is 4.74 Å². The van der Waals surface area contributed by atoms with Crippen LogP contribution in [0.1, 0.15) is 34.1 Å². The molecular weight excluding hydrogens is 136 g/mol. The lowest BCUT2D eigenvalue weighted by molar-refractivity contribution is 0.0724. The fraction of sp³-hybridized carbons (Fsp3) is 0.800. The molecule has 1 rings (SSSR count). The van der Waals surface area contributed by atoms with Crippen molar-refractivity contribution in [3.05, 3.63) is 11.6 Å². The van der Waals surface area contributed by atoms with Gasteiger partial charge < -0.3 is 4.74 Å². The minimum absolute atomic E-state index is 0.331. The Morgan fingerprint density at radius 1 is 1.45 bits per heavy atom. The van der Waals surface area contributed by atoms with Crippen LogP contribution in [0.15, 0.2) is 11.6 Å². The number of hydrogen-bond donors (Lipinski definition) is 0. The first-order valence-electron chi connectivity index (χ1n) is 4.31. The zero-order valence-corrected chi connectivity index (χ0v) is 7.98. The first-order valence-corrected chi connectivity index (χ1v) is 4.31. The van der Waals surface area contributed by atoms with Crippen molar-refractivity contribution in [3.63, 3.8) is 0 Å². The van der Waals surface area contributed by atoms with Crippen molar-refractivity contribution in [1.82, 2.24) is 0 Å². The Hall–Kier alpha value is -0.300. The minimum Gasteiger partial charge on any atom is -0.374 e. The third kappa shape index (κ3) is 2.33. The molecule has 11 heavy (non-hydrogen) atoms. The molecule has 1 heterocycles. The Bertz CT molecular complexity index is 162. The van der Waals surface area contributed by atoms with Crippen LogP contribution in [0.4, 0.5) is 0 Å². The third-order valence-corrected chi connectivity index (χ3v) is 2.18. The van der Waals surface area contributed by atoms with Crippen LogP contribution in [0.5, 0.6) is 0 Å². The Balaban J connectivity index is 2.65. The van der Waals surface area contributed by atoms with Gasteiger partial charge in [0.25, 0.3) is 0 Å². The van der Waals surface area contributed by atoms with Crippen LogP contribution in [-0.4, -0.2) is 12.7 Å². The quantitative estimate of drug-likeness (QED) is 0.487. The summed E-state index contributed by atoms with van der Waals surface area (Å²) < 4.78 is 5.43. The topological polar surface area (TPSA) is 9.23 Å². The average molecular weight is 154 g/mol. The maximum Gasteiger partial charge on any atom is 0.0654 e. The molecule has 0 aliphatic carbocycles. The van der Waals surface area contributed by atoms with Gasteiger partial charge in [-0.15, -0.1) is 0 Å². The van der Waals surface area contributed by atoms with Crippen LogP contribution < -0.4 is 0 Å². The number of hydrogen-bond acceptors (Lipinski definition) is 1. The van der Waals surface area contributed by atoms with Crippen molar-refractivity contribution >= 4 is 0 Å². The van der Waals surface area contributed by atoms with Crippen LogP contribution in [0.25, 0.3) is 0 Å². The van der Waals surface area contributed by atoms with Crippen molar-refractivity contribution in [2.45, 2.75) is 40.2 Å². The van der Waals surface area contributed by atoms with Gasteiger partial charge in [0.2, 0.25) is 0 Å².